The number of carbonyl (C=O) groups is 1. The molecule has 10 heteroatoms. The molecule has 0 fully saturated rings. The number of halogens is 1. The van der Waals surface area contributed by atoms with Gasteiger partial charge in [0.1, 0.15) is 19.4 Å². The van der Waals surface area contributed by atoms with Gasteiger partial charge in [0.2, 0.25) is 0 Å². The average molecular weight is 509 g/mol. The Kier molecular flexibility index (Phi) is 6.96. The summed E-state index contributed by atoms with van der Waals surface area (Å²) in [6.07, 6.45) is 1.57. The maximum Gasteiger partial charge on any atom is 0.323 e. The average Bonchev–Trinajstić information content (AvgIpc) is 3.29. The van der Waals surface area contributed by atoms with Crippen LogP contribution in [0.2, 0.25) is 5.02 Å². The van der Waals surface area contributed by atoms with E-state index >= 15 is 0 Å². The van der Waals surface area contributed by atoms with E-state index in [1.54, 1.807) is 42.1 Å². The van der Waals surface area contributed by atoms with E-state index in [2.05, 4.69) is 26.0 Å². The number of carbonyl (C=O) groups excluding carboxylic acids is 1. The maximum atomic E-state index is 12.5. The van der Waals surface area contributed by atoms with E-state index < -0.39 is 0 Å². The SMILES string of the molecule is [B]c1cnn2c(NCc3cccc(NC(=O)Nc4ccc(OC)cc4)c3)cc(-c3ccccc3Cl)nc12. The first-order chi connectivity index (χ1) is 18.0. The highest BCUT2D eigenvalue weighted by molar-refractivity contribution is 6.36. The molecule has 2 radical (unpaired) electrons. The molecule has 0 saturated heterocycles. The highest BCUT2D eigenvalue weighted by Gasteiger charge is 2.12. The number of fused-ring (bicyclic) bond motifs is 1. The highest BCUT2D eigenvalue weighted by atomic mass is 35.5. The lowest BCUT2D eigenvalue weighted by Crippen LogP contribution is -2.19. The largest absolute Gasteiger partial charge is 0.497 e. The summed E-state index contributed by atoms with van der Waals surface area (Å²) in [6, 6.07) is 23.7. The number of hydrogen-bond donors (Lipinski definition) is 3. The van der Waals surface area contributed by atoms with Crippen LogP contribution in [-0.2, 0) is 6.54 Å². The highest BCUT2D eigenvalue weighted by Crippen LogP contribution is 2.28. The van der Waals surface area contributed by atoms with Crippen LogP contribution in [-0.4, -0.2) is 35.6 Å². The second-order valence-corrected chi connectivity index (χ2v) is 8.61. The lowest BCUT2D eigenvalue weighted by molar-refractivity contribution is 0.262. The molecular formula is C27H22BClN6O2. The van der Waals surface area contributed by atoms with Gasteiger partial charge in [0.25, 0.3) is 0 Å². The van der Waals surface area contributed by atoms with E-state index in [9.17, 15) is 4.79 Å². The smallest absolute Gasteiger partial charge is 0.323 e. The Morgan fingerprint density at radius 3 is 2.57 bits per heavy atom. The zero-order valence-corrected chi connectivity index (χ0v) is 20.7. The van der Waals surface area contributed by atoms with Gasteiger partial charge in [-0.15, -0.1) is 0 Å². The fourth-order valence-corrected chi connectivity index (χ4v) is 4.06. The molecule has 8 nitrogen and oxygen atoms in total. The molecule has 2 aromatic heterocycles. The van der Waals surface area contributed by atoms with Gasteiger partial charge in [0.15, 0.2) is 5.65 Å². The molecule has 0 unspecified atom stereocenters. The fraction of sp³-hybridized carbons (Fsp3) is 0.0741. The molecule has 5 rings (SSSR count). The number of urea groups is 1. The molecule has 0 aliphatic carbocycles. The van der Waals surface area contributed by atoms with E-state index in [1.807, 2.05) is 54.6 Å². The van der Waals surface area contributed by atoms with E-state index in [0.717, 1.165) is 16.9 Å². The monoisotopic (exact) mass is 508 g/mol. The van der Waals surface area contributed by atoms with Crippen molar-refractivity contribution in [2.24, 2.45) is 0 Å². The molecule has 2 heterocycles. The number of rotatable bonds is 7. The van der Waals surface area contributed by atoms with Gasteiger partial charge < -0.3 is 20.7 Å². The van der Waals surface area contributed by atoms with Crippen LogP contribution in [0.3, 0.4) is 0 Å². The summed E-state index contributed by atoms with van der Waals surface area (Å²) in [6.45, 7) is 0.469. The number of ether oxygens (including phenoxy) is 1. The van der Waals surface area contributed by atoms with Crippen LogP contribution in [0.1, 0.15) is 5.56 Å². The van der Waals surface area contributed by atoms with Crippen molar-refractivity contribution >= 4 is 53.8 Å². The number of amides is 2. The van der Waals surface area contributed by atoms with Gasteiger partial charge >= 0.3 is 6.03 Å². The number of aromatic nitrogens is 3. The number of methoxy groups -OCH3 is 1. The summed E-state index contributed by atoms with van der Waals surface area (Å²) in [5.74, 6) is 1.42. The van der Waals surface area contributed by atoms with Crippen molar-refractivity contribution < 1.29 is 9.53 Å². The number of anilines is 3. The molecule has 0 atom stereocenters. The number of benzene rings is 3. The first-order valence-electron chi connectivity index (χ1n) is 11.4. The first kappa shape index (κ1) is 24.2. The Labute approximate surface area is 220 Å². The minimum absolute atomic E-state index is 0.345. The predicted octanol–water partition coefficient (Wildman–Crippen LogP) is 5.11. The van der Waals surface area contributed by atoms with E-state index in [1.165, 1.54) is 0 Å². The third-order valence-corrected chi connectivity index (χ3v) is 5.98. The Morgan fingerprint density at radius 1 is 1.00 bits per heavy atom. The van der Waals surface area contributed by atoms with Crippen molar-refractivity contribution in [3.05, 3.63) is 95.6 Å². The van der Waals surface area contributed by atoms with Gasteiger partial charge in [-0.2, -0.15) is 9.61 Å². The van der Waals surface area contributed by atoms with Crippen molar-refractivity contribution in [2.45, 2.75) is 6.54 Å². The summed E-state index contributed by atoms with van der Waals surface area (Å²) in [5, 5.41) is 14.0. The fourth-order valence-electron chi connectivity index (χ4n) is 3.83. The molecular weight excluding hydrogens is 487 g/mol. The Hall–Kier alpha value is -4.50. The van der Waals surface area contributed by atoms with Crippen molar-refractivity contribution in [3.8, 4) is 17.0 Å². The van der Waals surface area contributed by atoms with Gasteiger partial charge in [-0.1, -0.05) is 41.9 Å². The van der Waals surface area contributed by atoms with Crippen LogP contribution < -0.4 is 26.2 Å². The van der Waals surface area contributed by atoms with Crippen molar-refractivity contribution in [2.75, 3.05) is 23.1 Å². The number of hydrogen-bond acceptors (Lipinski definition) is 5. The van der Waals surface area contributed by atoms with Gasteiger partial charge in [-0.3, -0.25) is 0 Å². The Morgan fingerprint density at radius 2 is 1.78 bits per heavy atom. The molecule has 0 aliphatic heterocycles. The summed E-state index contributed by atoms with van der Waals surface area (Å²) < 4.78 is 6.79. The van der Waals surface area contributed by atoms with Crippen LogP contribution in [0.4, 0.5) is 22.0 Å². The van der Waals surface area contributed by atoms with Crippen LogP contribution in [0.15, 0.2) is 85.1 Å². The van der Waals surface area contributed by atoms with Crippen molar-refractivity contribution in [1.29, 1.82) is 0 Å². The van der Waals surface area contributed by atoms with Gasteiger partial charge in [-0.25, -0.2) is 9.78 Å². The summed E-state index contributed by atoms with van der Waals surface area (Å²) in [5.41, 5.74) is 4.74. The molecule has 37 heavy (non-hydrogen) atoms. The zero-order valence-electron chi connectivity index (χ0n) is 19.9. The van der Waals surface area contributed by atoms with Gasteiger partial charge in [-0.05, 0) is 53.5 Å². The van der Waals surface area contributed by atoms with Crippen molar-refractivity contribution in [3.63, 3.8) is 0 Å². The predicted molar refractivity (Wildman–Crippen MR) is 148 cm³/mol. The molecule has 0 bridgehead atoms. The van der Waals surface area contributed by atoms with Crippen LogP contribution in [0.5, 0.6) is 5.75 Å². The lowest BCUT2D eigenvalue weighted by Gasteiger charge is -2.13. The molecule has 0 spiro atoms. The first-order valence-corrected chi connectivity index (χ1v) is 11.8. The topological polar surface area (TPSA) is 92.6 Å². The third kappa shape index (κ3) is 5.52. The van der Waals surface area contributed by atoms with E-state index in [0.29, 0.717) is 45.6 Å². The molecule has 2 amide bonds. The molecule has 3 aromatic carbocycles. The van der Waals surface area contributed by atoms with E-state index in [4.69, 9.17) is 24.2 Å². The van der Waals surface area contributed by atoms with Crippen molar-refractivity contribution in [1.82, 2.24) is 14.6 Å². The second kappa shape index (κ2) is 10.6. The second-order valence-electron chi connectivity index (χ2n) is 8.20. The number of nitrogens with one attached hydrogen (secondary N) is 3. The molecule has 182 valence electrons. The minimum atomic E-state index is -0.345. The molecule has 3 N–H and O–H groups in total. The summed E-state index contributed by atoms with van der Waals surface area (Å²) in [7, 11) is 7.71. The molecule has 0 saturated carbocycles. The quantitative estimate of drug-likeness (QED) is 0.266. The normalized spacial score (nSPS) is 10.8. The minimum Gasteiger partial charge on any atom is -0.497 e. The third-order valence-electron chi connectivity index (χ3n) is 5.66. The molecule has 5 aromatic rings. The zero-order chi connectivity index (χ0) is 25.8. The number of nitrogens with zero attached hydrogens (tertiary/aromatic N) is 3. The Bertz CT molecular complexity index is 1570. The summed E-state index contributed by atoms with van der Waals surface area (Å²) >= 11 is 6.41. The molecule has 0 aliphatic rings. The van der Waals surface area contributed by atoms with Crippen LogP contribution in [0, 0.1) is 0 Å². The Balaban J connectivity index is 1.31. The standard InChI is InChI=1S/C27H22BClN6O2/c1-37-20-11-9-18(10-12-20)32-27(36)33-19-6-4-5-17(13-19)15-30-25-14-24(21-7-2-3-8-23(21)29)34-26-22(28)16-31-35(25)26/h2-14,16,30H,15H2,1H3,(H2,32,33,36). The van der Waals surface area contributed by atoms with Crippen LogP contribution >= 0.6 is 11.6 Å². The van der Waals surface area contributed by atoms with E-state index in [-0.39, 0.29) is 6.03 Å². The van der Waals surface area contributed by atoms with Crippen LogP contribution in [0.25, 0.3) is 16.9 Å². The van der Waals surface area contributed by atoms with Gasteiger partial charge in [0, 0.05) is 40.8 Å². The summed E-state index contributed by atoms with van der Waals surface area (Å²) in [4.78, 5) is 17.1. The van der Waals surface area contributed by atoms with Gasteiger partial charge in [0.05, 0.1) is 12.8 Å². The maximum absolute atomic E-state index is 12.5. The lowest BCUT2D eigenvalue weighted by atomic mass is 10.0.